The monoisotopic (exact) mass is 338 g/mol. The van der Waals surface area contributed by atoms with E-state index in [0.29, 0.717) is 29.6 Å². The minimum absolute atomic E-state index is 0.106. The van der Waals surface area contributed by atoms with E-state index in [1.807, 2.05) is 37.3 Å². The van der Waals surface area contributed by atoms with Gasteiger partial charge in [0.1, 0.15) is 11.6 Å². The number of rotatable bonds is 5. The van der Waals surface area contributed by atoms with E-state index in [-0.39, 0.29) is 18.1 Å². The van der Waals surface area contributed by atoms with Crippen molar-refractivity contribution < 1.29 is 13.6 Å². The van der Waals surface area contributed by atoms with Gasteiger partial charge in [-0.25, -0.2) is 9.37 Å². The Balaban J connectivity index is 1.80. The number of nitrogens with zero attached hydrogens (tertiary/aromatic N) is 2. The number of aromatic nitrogens is 1. The second-order valence-electron chi connectivity index (χ2n) is 5.68. The van der Waals surface area contributed by atoms with Crippen LogP contribution in [0, 0.1) is 12.7 Å². The molecule has 0 aliphatic carbocycles. The molecule has 0 saturated carbocycles. The second-order valence-corrected chi connectivity index (χ2v) is 5.68. The average Bonchev–Trinajstić information content (AvgIpc) is 2.99. The minimum atomic E-state index is -0.327. The van der Waals surface area contributed by atoms with Crippen LogP contribution in [0.4, 0.5) is 10.1 Å². The van der Waals surface area contributed by atoms with Crippen LogP contribution in [0.25, 0.3) is 11.5 Å². The highest BCUT2D eigenvalue weighted by molar-refractivity contribution is 5.94. The van der Waals surface area contributed by atoms with Crippen LogP contribution in [0.1, 0.15) is 18.4 Å². The van der Waals surface area contributed by atoms with Gasteiger partial charge in [0, 0.05) is 17.8 Å². The first-order valence-electron chi connectivity index (χ1n) is 8.16. The molecule has 0 aliphatic heterocycles. The Hall–Kier alpha value is -2.95. The molecular weight excluding hydrogens is 319 g/mol. The summed E-state index contributed by atoms with van der Waals surface area (Å²) in [5, 5.41) is 0. The first-order chi connectivity index (χ1) is 12.1. The number of oxazole rings is 1. The Kier molecular flexibility index (Phi) is 4.93. The van der Waals surface area contributed by atoms with Gasteiger partial charge < -0.3 is 9.32 Å². The predicted molar refractivity (Wildman–Crippen MR) is 94.8 cm³/mol. The SMILES string of the molecule is CCN(C(=O)Cc1nc(-c2ccccc2)oc1C)c1ccc(F)cc1. The van der Waals surface area contributed by atoms with Crippen LogP contribution in [-0.2, 0) is 11.2 Å². The molecule has 3 aromatic rings. The molecule has 0 atom stereocenters. The lowest BCUT2D eigenvalue weighted by molar-refractivity contribution is -0.118. The summed E-state index contributed by atoms with van der Waals surface area (Å²) in [4.78, 5) is 18.8. The van der Waals surface area contributed by atoms with E-state index in [9.17, 15) is 9.18 Å². The Bertz CT molecular complexity index is 857. The Morgan fingerprint density at radius 2 is 1.80 bits per heavy atom. The number of likely N-dealkylation sites (N-methyl/N-ethyl adjacent to an activating group) is 1. The molecule has 128 valence electrons. The van der Waals surface area contributed by atoms with Crippen molar-refractivity contribution in [2.75, 3.05) is 11.4 Å². The van der Waals surface area contributed by atoms with Gasteiger partial charge in [-0.05, 0) is 50.2 Å². The number of amides is 1. The molecule has 4 nitrogen and oxygen atoms in total. The fourth-order valence-electron chi connectivity index (χ4n) is 2.66. The Morgan fingerprint density at radius 1 is 1.12 bits per heavy atom. The highest BCUT2D eigenvalue weighted by atomic mass is 19.1. The van der Waals surface area contributed by atoms with Gasteiger partial charge in [0.05, 0.1) is 12.1 Å². The zero-order valence-corrected chi connectivity index (χ0v) is 14.2. The number of carbonyl (C=O) groups is 1. The summed E-state index contributed by atoms with van der Waals surface area (Å²) in [6.07, 6.45) is 0.132. The fraction of sp³-hybridized carbons (Fsp3) is 0.200. The van der Waals surface area contributed by atoms with Gasteiger partial charge in [-0.1, -0.05) is 18.2 Å². The van der Waals surface area contributed by atoms with E-state index in [4.69, 9.17) is 4.42 Å². The summed E-state index contributed by atoms with van der Waals surface area (Å²) in [5.41, 5.74) is 2.15. The fourth-order valence-corrected chi connectivity index (χ4v) is 2.66. The molecule has 0 aliphatic rings. The molecule has 0 bridgehead atoms. The van der Waals surface area contributed by atoms with Crippen LogP contribution >= 0.6 is 0 Å². The van der Waals surface area contributed by atoms with Gasteiger partial charge in [0.2, 0.25) is 11.8 Å². The van der Waals surface area contributed by atoms with Crippen LogP contribution in [0.2, 0.25) is 0 Å². The molecule has 1 heterocycles. The molecule has 25 heavy (non-hydrogen) atoms. The predicted octanol–water partition coefficient (Wildman–Crippen LogP) is 4.38. The third-order valence-corrected chi connectivity index (χ3v) is 3.99. The van der Waals surface area contributed by atoms with Crippen molar-refractivity contribution in [1.82, 2.24) is 4.98 Å². The summed E-state index contributed by atoms with van der Waals surface area (Å²) in [7, 11) is 0. The van der Waals surface area contributed by atoms with Crippen molar-refractivity contribution in [3.63, 3.8) is 0 Å². The second kappa shape index (κ2) is 7.30. The Morgan fingerprint density at radius 3 is 2.44 bits per heavy atom. The third-order valence-electron chi connectivity index (χ3n) is 3.99. The van der Waals surface area contributed by atoms with Crippen LogP contribution in [0.5, 0.6) is 0 Å². The molecule has 0 spiro atoms. The van der Waals surface area contributed by atoms with E-state index in [2.05, 4.69) is 4.98 Å². The molecule has 0 N–H and O–H groups in total. The summed E-state index contributed by atoms with van der Waals surface area (Å²) in [6.45, 7) is 4.18. The maximum Gasteiger partial charge on any atom is 0.233 e. The normalized spacial score (nSPS) is 10.7. The molecule has 0 radical (unpaired) electrons. The first kappa shape index (κ1) is 16.9. The first-order valence-corrected chi connectivity index (χ1v) is 8.16. The molecule has 1 aromatic heterocycles. The number of halogens is 1. The molecule has 0 fully saturated rings. The van der Waals surface area contributed by atoms with E-state index in [0.717, 1.165) is 5.56 Å². The van der Waals surface area contributed by atoms with Gasteiger partial charge in [-0.2, -0.15) is 0 Å². The number of anilines is 1. The quantitative estimate of drug-likeness (QED) is 0.693. The van der Waals surface area contributed by atoms with Gasteiger partial charge in [0.25, 0.3) is 0 Å². The summed E-state index contributed by atoms with van der Waals surface area (Å²) < 4.78 is 18.8. The van der Waals surface area contributed by atoms with E-state index in [1.165, 1.54) is 12.1 Å². The molecule has 5 heteroatoms. The molecule has 0 unspecified atom stereocenters. The van der Waals surface area contributed by atoms with E-state index < -0.39 is 0 Å². The zero-order valence-electron chi connectivity index (χ0n) is 14.2. The standard InChI is InChI=1S/C20H19FN2O2/c1-3-23(17-11-9-16(21)10-12-17)19(24)13-18-14(2)25-20(22-18)15-7-5-4-6-8-15/h4-12H,3,13H2,1-2H3. The maximum absolute atomic E-state index is 13.1. The number of carbonyl (C=O) groups excluding carboxylic acids is 1. The van der Waals surface area contributed by atoms with Crippen LogP contribution < -0.4 is 4.90 Å². The minimum Gasteiger partial charge on any atom is -0.441 e. The van der Waals surface area contributed by atoms with Gasteiger partial charge in [-0.15, -0.1) is 0 Å². The third kappa shape index (κ3) is 3.76. The van der Waals surface area contributed by atoms with E-state index in [1.54, 1.807) is 24.0 Å². The van der Waals surface area contributed by atoms with Crippen molar-refractivity contribution in [2.45, 2.75) is 20.3 Å². The molecule has 1 amide bonds. The number of benzene rings is 2. The maximum atomic E-state index is 13.1. The van der Waals surface area contributed by atoms with Crippen LogP contribution in [0.15, 0.2) is 59.0 Å². The lowest BCUT2D eigenvalue weighted by Crippen LogP contribution is -2.32. The van der Waals surface area contributed by atoms with Gasteiger partial charge in [0.15, 0.2) is 0 Å². The van der Waals surface area contributed by atoms with Gasteiger partial charge in [-0.3, -0.25) is 4.79 Å². The van der Waals surface area contributed by atoms with Crippen molar-refractivity contribution in [2.24, 2.45) is 0 Å². The topological polar surface area (TPSA) is 46.3 Å². The molecule has 0 saturated heterocycles. The van der Waals surface area contributed by atoms with Crippen molar-refractivity contribution in [3.05, 3.63) is 71.9 Å². The largest absolute Gasteiger partial charge is 0.441 e. The summed E-state index contributed by atoms with van der Waals surface area (Å²) >= 11 is 0. The zero-order chi connectivity index (χ0) is 17.8. The molecule has 3 rings (SSSR count). The van der Waals surface area contributed by atoms with Crippen molar-refractivity contribution >= 4 is 11.6 Å². The lowest BCUT2D eigenvalue weighted by atomic mass is 10.2. The van der Waals surface area contributed by atoms with Crippen LogP contribution in [0.3, 0.4) is 0 Å². The lowest BCUT2D eigenvalue weighted by Gasteiger charge is -2.20. The van der Waals surface area contributed by atoms with Crippen molar-refractivity contribution in [1.29, 1.82) is 0 Å². The van der Waals surface area contributed by atoms with E-state index >= 15 is 0 Å². The number of hydrogen-bond acceptors (Lipinski definition) is 3. The smallest absolute Gasteiger partial charge is 0.233 e. The van der Waals surface area contributed by atoms with Crippen LogP contribution in [-0.4, -0.2) is 17.4 Å². The number of aryl methyl sites for hydroxylation is 1. The highest BCUT2D eigenvalue weighted by Gasteiger charge is 2.19. The van der Waals surface area contributed by atoms with Crippen molar-refractivity contribution in [3.8, 4) is 11.5 Å². The summed E-state index contributed by atoms with van der Waals surface area (Å²) in [5.74, 6) is 0.699. The van der Waals surface area contributed by atoms with Gasteiger partial charge >= 0.3 is 0 Å². The molecular formula is C20H19FN2O2. The number of hydrogen-bond donors (Lipinski definition) is 0. The Labute approximate surface area is 145 Å². The average molecular weight is 338 g/mol. The summed E-state index contributed by atoms with van der Waals surface area (Å²) in [6, 6.07) is 15.5. The molecule has 2 aromatic carbocycles. The highest BCUT2D eigenvalue weighted by Crippen LogP contribution is 2.23.